The Morgan fingerprint density at radius 2 is 1.94 bits per heavy atom. The number of pyridine rings is 1. The molecule has 0 aliphatic heterocycles. The van der Waals surface area contributed by atoms with Gasteiger partial charge in [-0.1, -0.05) is 49.4 Å². The highest BCUT2D eigenvalue weighted by atomic mass is 79.9. The van der Waals surface area contributed by atoms with Crippen LogP contribution in [-0.4, -0.2) is 15.8 Å². The van der Waals surface area contributed by atoms with E-state index in [9.17, 15) is 20.2 Å². The molecule has 0 fully saturated rings. The number of nitrogens with one attached hydrogen (secondary N) is 1. The molecule has 0 aliphatic rings. The molecule has 1 atom stereocenters. The molecule has 0 saturated heterocycles. The van der Waals surface area contributed by atoms with Gasteiger partial charge in [0.1, 0.15) is 0 Å². The van der Waals surface area contributed by atoms with Crippen LogP contribution in [0.1, 0.15) is 35.7 Å². The van der Waals surface area contributed by atoms with Crippen molar-refractivity contribution in [1.29, 1.82) is 5.26 Å². The van der Waals surface area contributed by atoms with Crippen molar-refractivity contribution in [2.75, 3.05) is 5.32 Å². The van der Waals surface area contributed by atoms with Crippen LogP contribution < -0.4 is 5.32 Å². The van der Waals surface area contributed by atoms with Gasteiger partial charge >= 0.3 is 5.69 Å². The molecule has 0 aliphatic carbocycles. The maximum absolute atomic E-state index is 13.0. The van der Waals surface area contributed by atoms with Crippen LogP contribution in [0.5, 0.6) is 0 Å². The fourth-order valence-corrected chi connectivity index (χ4v) is 4.02. The Bertz CT molecular complexity index is 1250. The quantitative estimate of drug-likeness (QED) is 0.306. The van der Waals surface area contributed by atoms with Gasteiger partial charge in [0.05, 0.1) is 22.2 Å². The van der Waals surface area contributed by atoms with E-state index in [0.29, 0.717) is 34.1 Å². The topological polar surface area (TPSA) is 109 Å². The highest BCUT2D eigenvalue weighted by Crippen LogP contribution is 2.34. The zero-order valence-corrected chi connectivity index (χ0v) is 20.1. The van der Waals surface area contributed by atoms with Crippen molar-refractivity contribution < 1.29 is 9.72 Å². The number of aromatic nitrogens is 1. The van der Waals surface area contributed by atoms with Gasteiger partial charge < -0.3 is 5.32 Å². The van der Waals surface area contributed by atoms with E-state index in [1.165, 1.54) is 0 Å². The second-order valence-corrected chi connectivity index (χ2v) is 8.54. The van der Waals surface area contributed by atoms with E-state index in [1.807, 2.05) is 49.4 Å². The number of hydrogen-bond acceptors (Lipinski definition) is 5. The lowest BCUT2D eigenvalue weighted by Gasteiger charge is -2.17. The average Bonchev–Trinajstić information content (AvgIpc) is 2.81. The molecule has 33 heavy (non-hydrogen) atoms. The van der Waals surface area contributed by atoms with Crippen molar-refractivity contribution in [3.8, 4) is 17.2 Å². The Hall–Kier alpha value is -3.57. The predicted octanol–water partition coefficient (Wildman–Crippen LogP) is 6.12. The molecule has 168 valence electrons. The van der Waals surface area contributed by atoms with Crippen LogP contribution in [0, 0.1) is 41.2 Å². The number of carbonyl (C=O) groups is 1. The first-order chi connectivity index (χ1) is 15.8. The van der Waals surface area contributed by atoms with Gasteiger partial charge in [-0.05, 0) is 65.4 Å². The van der Waals surface area contributed by atoms with Crippen LogP contribution in [-0.2, 0) is 11.2 Å². The van der Waals surface area contributed by atoms with Crippen molar-refractivity contribution in [3.05, 3.63) is 85.5 Å². The summed E-state index contributed by atoms with van der Waals surface area (Å²) in [6, 6.07) is 17.5. The first kappa shape index (κ1) is 24.1. The van der Waals surface area contributed by atoms with E-state index in [-0.39, 0.29) is 17.4 Å². The van der Waals surface area contributed by atoms with Crippen LogP contribution >= 0.6 is 15.9 Å². The number of anilines is 1. The summed E-state index contributed by atoms with van der Waals surface area (Å²) in [7, 11) is 0. The average molecular weight is 507 g/mol. The number of aryl methyl sites for hydroxylation is 1. The van der Waals surface area contributed by atoms with Gasteiger partial charge in [0.25, 0.3) is 0 Å². The van der Waals surface area contributed by atoms with E-state index >= 15 is 0 Å². The summed E-state index contributed by atoms with van der Waals surface area (Å²) in [5.74, 6) is -0.844. The van der Waals surface area contributed by atoms with Gasteiger partial charge in [-0.15, -0.1) is 0 Å². The third-order valence-electron chi connectivity index (χ3n) is 5.56. The number of hydrogen-bond donors (Lipinski definition) is 1. The largest absolute Gasteiger partial charge is 0.315 e. The molecule has 0 saturated carbocycles. The van der Waals surface area contributed by atoms with Crippen LogP contribution in [0.3, 0.4) is 0 Å². The number of nitrogens with zero attached hydrogens (tertiary/aromatic N) is 3. The summed E-state index contributed by atoms with van der Waals surface area (Å²) >= 11 is 3.32. The molecule has 2 aromatic carbocycles. The van der Waals surface area contributed by atoms with Crippen LogP contribution in [0.4, 0.5) is 11.5 Å². The van der Waals surface area contributed by atoms with Crippen LogP contribution in [0.25, 0.3) is 11.1 Å². The lowest BCUT2D eigenvalue weighted by atomic mass is 9.92. The standard InChI is InChI=1S/C25H23BrN4O3/c1-4-18(25(31)29-24-23(30(32)33)15(2)22(26)16(3)28-24)12-17-10-11-21(20(13-17)14-27)19-8-6-5-7-9-19/h5-11,13,18H,4,12H2,1-3H3,(H,28,29,31). The second-order valence-electron chi connectivity index (χ2n) is 7.75. The zero-order chi connectivity index (χ0) is 24.1. The number of rotatable bonds is 7. The van der Waals surface area contributed by atoms with Crippen LogP contribution in [0.15, 0.2) is 53.0 Å². The van der Waals surface area contributed by atoms with Crippen molar-refractivity contribution in [2.45, 2.75) is 33.6 Å². The highest BCUT2D eigenvalue weighted by Gasteiger charge is 2.27. The fraction of sp³-hybridized carbons (Fsp3) is 0.240. The van der Waals surface area contributed by atoms with Crippen molar-refractivity contribution in [1.82, 2.24) is 4.98 Å². The molecule has 1 unspecified atom stereocenters. The molecule has 3 aromatic rings. The van der Waals surface area contributed by atoms with Gasteiger partial charge in [-0.2, -0.15) is 5.26 Å². The number of nitro groups is 1. The first-order valence-electron chi connectivity index (χ1n) is 10.5. The third-order valence-corrected chi connectivity index (χ3v) is 6.73. The van der Waals surface area contributed by atoms with Gasteiger partial charge in [0, 0.05) is 16.0 Å². The maximum atomic E-state index is 13.0. The molecule has 1 amide bonds. The third kappa shape index (κ3) is 5.26. The predicted molar refractivity (Wildman–Crippen MR) is 131 cm³/mol. The minimum atomic E-state index is -0.537. The number of nitriles is 1. The Morgan fingerprint density at radius 1 is 1.24 bits per heavy atom. The number of halogens is 1. The molecule has 0 spiro atoms. The number of amides is 1. The Morgan fingerprint density at radius 3 is 2.55 bits per heavy atom. The normalized spacial score (nSPS) is 11.5. The lowest BCUT2D eigenvalue weighted by Crippen LogP contribution is -2.25. The van der Waals surface area contributed by atoms with Crippen LogP contribution in [0.2, 0.25) is 0 Å². The minimum absolute atomic E-state index is 0.0567. The van der Waals surface area contributed by atoms with E-state index in [2.05, 4.69) is 32.3 Å². The summed E-state index contributed by atoms with van der Waals surface area (Å²) in [5, 5.41) is 23.9. The molecule has 8 heteroatoms. The minimum Gasteiger partial charge on any atom is -0.305 e. The molecule has 1 heterocycles. The summed E-state index contributed by atoms with van der Waals surface area (Å²) in [4.78, 5) is 28.3. The number of benzene rings is 2. The van der Waals surface area contributed by atoms with Crippen molar-refractivity contribution in [3.63, 3.8) is 0 Å². The molecular formula is C25H23BrN4O3. The Kier molecular flexibility index (Phi) is 7.56. The van der Waals surface area contributed by atoms with Gasteiger partial charge in [0.15, 0.2) is 0 Å². The van der Waals surface area contributed by atoms with Gasteiger partial charge in [-0.25, -0.2) is 4.98 Å². The zero-order valence-electron chi connectivity index (χ0n) is 18.6. The molecule has 7 nitrogen and oxygen atoms in total. The monoisotopic (exact) mass is 506 g/mol. The summed E-state index contributed by atoms with van der Waals surface area (Å²) < 4.78 is 0.543. The summed E-state index contributed by atoms with van der Waals surface area (Å²) in [5.41, 5.74) is 3.89. The smallest absolute Gasteiger partial charge is 0.305 e. The first-order valence-corrected chi connectivity index (χ1v) is 11.3. The molecular weight excluding hydrogens is 484 g/mol. The molecule has 1 N–H and O–H groups in total. The SMILES string of the molecule is CCC(Cc1ccc(-c2ccccc2)c(C#N)c1)C(=O)Nc1nc(C)c(Br)c(C)c1[N+](=O)[O-]. The summed E-state index contributed by atoms with van der Waals surface area (Å²) in [6.45, 7) is 5.21. The Balaban J connectivity index is 1.86. The van der Waals surface area contributed by atoms with Gasteiger partial charge in [0.2, 0.25) is 11.7 Å². The van der Waals surface area contributed by atoms with E-state index < -0.39 is 10.8 Å². The molecule has 1 aromatic heterocycles. The fourth-order valence-electron chi connectivity index (χ4n) is 3.74. The number of carbonyl (C=O) groups excluding carboxylic acids is 1. The van der Waals surface area contributed by atoms with Gasteiger partial charge in [-0.3, -0.25) is 14.9 Å². The molecule has 0 bridgehead atoms. The lowest BCUT2D eigenvalue weighted by molar-refractivity contribution is -0.384. The van der Waals surface area contributed by atoms with Crippen molar-refractivity contribution in [2.24, 2.45) is 5.92 Å². The van der Waals surface area contributed by atoms with E-state index in [1.54, 1.807) is 19.9 Å². The maximum Gasteiger partial charge on any atom is 0.315 e. The molecule has 3 rings (SSSR count). The van der Waals surface area contributed by atoms with Crippen molar-refractivity contribution >= 4 is 33.3 Å². The second kappa shape index (κ2) is 10.4. The highest BCUT2D eigenvalue weighted by molar-refractivity contribution is 9.10. The summed E-state index contributed by atoms with van der Waals surface area (Å²) in [6.07, 6.45) is 0.921. The van der Waals surface area contributed by atoms with E-state index in [0.717, 1.165) is 16.7 Å². The van der Waals surface area contributed by atoms with E-state index in [4.69, 9.17) is 0 Å². The molecule has 0 radical (unpaired) electrons. The Labute approximate surface area is 200 Å².